The fourth-order valence-corrected chi connectivity index (χ4v) is 2.56. The van der Waals surface area contributed by atoms with E-state index in [0.717, 1.165) is 11.8 Å². The molecule has 0 radical (unpaired) electrons. The Morgan fingerprint density at radius 1 is 1.41 bits per heavy atom. The molecule has 7 nitrogen and oxygen atoms in total. The van der Waals surface area contributed by atoms with Crippen molar-refractivity contribution in [3.8, 4) is 0 Å². The minimum Gasteiger partial charge on any atom is -0.315 e. The second kappa shape index (κ2) is 8.09. The first-order valence-corrected chi connectivity index (χ1v) is 8.82. The number of nitrogens with zero attached hydrogens (tertiary/aromatic N) is 1. The Balaban J connectivity index is 0.00000211. The Bertz CT molecular complexity index is 666. The highest BCUT2D eigenvalue weighted by Gasteiger charge is 2.43. The molecule has 0 saturated carbocycles. The number of aromatic nitrogens is 1. The van der Waals surface area contributed by atoms with Crippen LogP contribution in [0.4, 0.5) is 0 Å². The molecule has 0 aliphatic rings. The van der Waals surface area contributed by atoms with Crippen molar-refractivity contribution in [3.05, 3.63) is 34.2 Å². The van der Waals surface area contributed by atoms with E-state index in [0.29, 0.717) is 0 Å². The zero-order chi connectivity index (χ0) is 17.6. The lowest BCUT2D eigenvalue weighted by Gasteiger charge is -2.25. The summed E-state index contributed by atoms with van der Waals surface area (Å²) in [6.45, 7) is 7.04. The number of rotatable bonds is 5. The molecular formula is C14H24N2O5S. The summed E-state index contributed by atoms with van der Waals surface area (Å²) in [6.07, 6.45) is 2.33. The van der Waals surface area contributed by atoms with E-state index in [1.54, 1.807) is 13.0 Å². The minimum absolute atomic E-state index is 0.0517. The fourth-order valence-electron chi connectivity index (χ4n) is 1.71. The van der Waals surface area contributed by atoms with Gasteiger partial charge in [-0.25, -0.2) is 13.9 Å². The van der Waals surface area contributed by atoms with E-state index in [4.69, 9.17) is 5.21 Å². The molecule has 1 unspecified atom stereocenters. The van der Waals surface area contributed by atoms with Crippen LogP contribution in [0, 0.1) is 6.92 Å². The van der Waals surface area contributed by atoms with Crippen LogP contribution in [0.1, 0.15) is 32.8 Å². The molecular weight excluding hydrogens is 308 g/mol. The van der Waals surface area contributed by atoms with Crippen LogP contribution in [-0.2, 0) is 21.2 Å². The monoisotopic (exact) mass is 332 g/mol. The summed E-state index contributed by atoms with van der Waals surface area (Å²) in [5.41, 5.74) is 1.89. The normalized spacial score (nSPS) is 13.5. The predicted molar refractivity (Wildman–Crippen MR) is 84.6 cm³/mol. The lowest BCUT2D eigenvalue weighted by Crippen LogP contribution is -2.49. The largest absolute Gasteiger partial charge is 0.315 e. The van der Waals surface area contributed by atoms with Gasteiger partial charge in [-0.2, -0.15) is 0 Å². The molecule has 1 rings (SSSR count). The Hall–Kier alpha value is -1.67. The van der Waals surface area contributed by atoms with Gasteiger partial charge in [0.1, 0.15) is 0 Å². The lowest BCUT2D eigenvalue weighted by molar-refractivity contribution is -0.131. The molecule has 0 aliphatic carbocycles. The smallest absolute Gasteiger partial charge is 0.264 e. The van der Waals surface area contributed by atoms with Gasteiger partial charge in [-0.05, 0) is 31.9 Å². The Labute approximate surface area is 130 Å². The number of carbonyl (C=O) groups excluding carboxylic acids is 1. The van der Waals surface area contributed by atoms with Gasteiger partial charge in [0, 0.05) is 25.1 Å². The van der Waals surface area contributed by atoms with Crippen molar-refractivity contribution >= 4 is 15.7 Å². The SMILES string of the molecule is CC.Cc1ccn(CCC(C)(C(=O)NO)S(C)(=O)=O)c(=O)c1. The molecule has 126 valence electrons. The maximum absolute atomic E-state index is 11.8. The number of pyridine rings is 1. The van der Waals surface area contributed by atoms with E-state index in [1.165, 1.54) is 29.2 Å². The summed E-state index contributed by atoms with van der Waals surface area (Å²) in [5, 5.41) is 8.69. The van der Waals surface area contributed by atoms with Crippen LogP contribution in [0.5, 0.6) is 0 Å². The highest BCUT2D eigenvalue weighted by molar-refractivity contribution is 7.92. The summed E-state index contributed by atoms with van der Waals surface area (Å²) >= 11 is 0. The van der Waals surface area contributed by atoms with Crippen LogP contribution < -0.4 is 11.0 Å². The number of nitrogens with one attached hydrogen (secondary N) is 1. The van der Waals surface area contributed by atoms with E-state index in [2.05, 4.69) is 0 Å². The molecule has 1 amide bonds. The predicted octanol–water partition coefficient (Wildman–Crippen LogP) is 0.882. The van der Waals surface area contributed by atoms with E-state index in [1.807, 2.05) is 13.8 Å². The molecule has 1 aromatic heterocycles. The second-order valence-corrected chi connectivity index (χ2v) is 7.38. The highest BCUT2D eigenvalue weighted by atomic mass is 32.2. The molecule has 0 saturated heterocycles. The molecule has 0 fully saturated rings. The number of sulfone groups is 1. The van der Waals surface area contributed by atoms with Gasteiger partial charge >= 0.3 is 0 Å². The molecule has 22 heavy (non-hydrogen) atoms. The topological polar surface area (TPSA) is 105 Å². The molecule has 0 spiro atoms. The summed E-state index contributed by atoms with van der Waals surface area (Å²) in [7, 11) is -3.75. The maximum atomic E-state index is 11.8. The van der Waals surface area contributed by atoms with E-state index in [-0.39, 0.29) is 18.5 Å². The van der Waals surface area contributed by atoms with Gasteiger partial charge in [0.25, 0.3) is 11.5 Å². The molecule has 0 bridgehead atoms. The number of aryl methyl sites for hydroxylation is 2. The van der Waals surface area contributed by atoms with Crippen LogP contribution in [0.3, 0.4) is 0 Å². The second-order valence-electron chi connectivity index (χ2n) is 4.93. The number of hydroxylamine groups is 1. The van der Waals surface area contributed by atoms with Crippen molar-refractivity contribution < 1.29 is 18.4 Å². The summed E-state index contributed by atoms with van der Waals surface area (Å²) in [6, 6.07) is 3.13. The van der Waals surface area contributed by atoms with Crippen LogP contribution in [0.25, 0.3) is 0 Å². The Kier molecular flexibility index (Phi) is 7.48. The van der Waals surface area contributed by atoms with Crippen LogP contribution in [-0.4, -0.2) is 35.1 Å². The van der Waals surface area contributed by atoms with Crippen molar-refractivity contribution in [2.45, 2.75) is 45.4 Å². The Morgan fingerprint density at radius 2 is 1.95 bits per heavy atom. The lowest BCUT2D eigenvalue weighted by atomic mass is 10.1. The third-order valence-corrected chi connectivity index (χ3v) is 5.41. The van der Waals surface area contributed by atoms with Crippen molar-refractivity contribution in [3.63, 3.8) is 0 Å². The zero-order valence-electron chi connectivity index (χ0n) is 13.6. The quantitative estimate of drug-likeness (QED) is 0.615. The number of hydrogen-bond acceptors (Lipinski definition) is 5. The maximum Gasteiger partial charge on any atom is 0.264 e. The van der Waals surface area contributed by atoms with E-state index < -0.39 is 20.5 Å². The Morgan fingerprint density at radius 3 is 2.36 bits per heavy atom. The van der Waals surface area contributed by atoms with Gasteiger partial charge in [0.05, 0.1) is 0 Å². The first-order valence-electron chi connectivity index (χ1n) is 6.93. The zero-order valence-corrected chi connectivity index (χ0v) is 14.4. The van der Waals surface area contributed by atoms with Gasteiger partial charge in [-0.15, -0.1) is 0 Å². The van der Waals surface area contributed by atoms with Gasteiger partial charge < -0.3 is 4.57 Å². The summed E-state index contributed by atoms with van der Waals surface area (Å²) in [5.74, 6) is -1.01. The molecule has 0 aromatic carbocycles. The van der Waals surface area contributed by atoms with E-state index >= 15 is 0 Å². The molecule has 8 heteroatoms. The van der Waals surface area contributed by atoms with Gasteiger partial charge in [0.15, 0.2) is 14.6 Å². The summed E-state index contributed by atoms with van der Waals surface area (Å²) < 4.78 is 23.0. The fraction of sp³-hybridized carbons (Fsp3) is 0.571. The summed E-state index contributed by atoms with van der Waals surface area (Å²) in [4.78, 5) is 23.3. The molecule has 0 aliphatic heterocycles. The highest BCUT2D eigenvalue weighted by Crippen LogP contribution is 2.21. The minimum atomic E-state index is -3.75. The van der Waals surface area contributed by atoms with Crippen molar-refractivity contribution in [2.24, 2.45) is 0 Å². The number of amides is 1. The number of hydrogen-bond donors (Lipinski definition) is 2. The molecule has 2 N–H and O–H groups in total. The third kappa shape index (κ3) is 4.67. The average Bonchev–Trinajstić information content (AvgIpc) is 2.46. The first kappa shape index (κ1) is 20.3. The van der Waals surface area contributed by atoms with Gasteiger partial charge in [-0.3, -0.25) is 14.8 Å². The van der Waals surface area contributed by atoms with Crippen LogP contribution in [0.2, 0.25) is 0 Å². The van der Waals surface area contributed by atoms with Crippen LogP contribution in [0.15, 0.2) is 23.1 Å². The average molecular weight is 332 g/mol. The molecule has 1 aromatic rings. The van der Waals surface area contributed by atoms with Crippen molar-refractivity contribution in [1.82, 2.24) is 10.0 Å². The molecule has 1 heterocycles. The first-order chi connectivity index (χ1) is 10.1. The van der Waals surface area contributed by atoms with Gasteiger partial charge in [-0.1, -0.05) is 13.8 Å². The molecule has 1 atom stereocenters. The van der Waals surface area contributed by atoms with Crippen LogP contribution >= 0.6 is 0 Å². The van der Waals surface area contributed by atoms with Crippen molar-refractivity contribution in [1.29, 1.82) is 0 Å². The van der Waals surface area contributed by atoms with Gasteiger partial charge in [0.2, 0.25) is 0 Å². The third-order valence-electron chi connectivity index (χ3n) is 3.38. The van der Waals surface area contributed by atoms with Crippen molar-refractivity contribution in [2.75, 3.05) is 6.26 Å². The number of carbonyl (C=O) groups is 1. The standard InChI is InChI=1S/C12H18N2O5S.C2H6/c1-9-4-6-14(10(15)8-9)7-5-12(2,11(16)13-17)20(3,18)19;1-2/h4,6,8,17H,5,7H2,1-3H3,(H,13,16);1-2H3. The van der Waals surface area contributed by atoms with E-state index in [9.17, 15) is 18.0 Å².